The van der Waals surface area contributed by atoms with Crippen molar-refractivity contribution in [1.29, 1.82) is 0 Å². The average Bonchev–Trinajstić information content (AvgIpc) is 3.33. The Morgan fingerprint density at radius 1 is 0.900 bits per heavy atom. The highest BCUT2D eigenvalue weighted by Gasteiger charge is 2.23. The van der Waals surface area contributed by atoms with Crippen molar-refractivity contribution in [2.75, 3.05) is 34.4 Å². The molecule has 30 heavy (non-hydrogen) atoms. The molecule has 0 unspecified atom stereocenters. The summed E-state index contributed by atoms with van der Waals surface area (Å²) in [5.41, 5.74) is 1.37. The zero-order valence-electron chi connectivity index (χ0n) is 17.4. The number of ether oxygens (including phenoxy) is 3. The normalized spacial score (nSPS) is 13.7. The van der Waals surface area contributed by atoms with Gasteiger partial charge in [0, 0.05) is 18.7 Å². The first-order chi connectivity index (χ1) is 14.5. The molecule has 7 nitrogen and oxygen atoms in total. The molecule has 0 spiro atoms. The van der Waals surface area contributed by atoms with Crippen LogP contribution in [-0.4, -0.2) is 51.1 Å². The van der Waals surface area contributed by atoms with Crippen LogP contribution < -0.4 is 19.5 Å². The van der Waals surface area contributed by atoms with Gasteiger partial charge < -0.3 is 24.4 Å². The molecule has 2 amide bonds. The van der Waals surface area contributed by atoms with Crippen LogP contribution in [0.25, 0.3) is 6.08 Å². The molecule has 158 valence electrons. The van der Waals surface area contributed by atoms with Gasteiger partial charge in [-0.1, -0.05) is 12.1 Å². The molecule has 1 fully saturated rings. The van der Waals surface area contributed by atoms with Gasteiger partial charge in [0.25, 0.3) is 11.8 Å². The van der Waals surface area contributed by atoms with Crippen LogP contribution in [0.1, 0.15) is 28.8 Å². The number of hydrogen-bond donors (Lipinski definition) is 1. The number of benzene rings is 2. The largest absolute Gasteiger partial charge is 0.497 e. The van der Waals surface area contributed by atoms with E-state index in [2.05, 4.69) is 5.32 Å². The lowest BCUT2D eigenvalue weighted by Gasteiger charge is -2.18. The van der Waals surface area contributed by atoms with E-state index in [0.717, 1.165) is 18.4 Å². The second-order valence-corrected chi connectivity index (χ2v) is 6.85. The van der Waals surface area contributed by atoms with Gasteiger partial charge in [-0.25, -0.2) is 0 Å². The fraction of sp³-hybridized carbons (Fsp3) is 0.304. The highest BCUT2D eigenvalue weighted by molar-refractivity contribution is 6.05. The Morgan fingerprint density at radius 2 is 1.57 bits per heavy atom. The number of hydrogen-bond acceptors (Lipinski definition) is 5. The number of methoxy groups -OCH3 is 3. The summed E-state index contributed by atoms with van der Waals surface area (Å²) < 4.78 is 15.7. The fourth-order valence-corrected chi connectivity index (χ4v) is 3.28. The van der Waals surface area contributed by atoms with Gasteiger partial charge in [-0.15, -0.1) is 0 Å². The first-order valence-corrected chi connectivity index (χ1v) is 9.74. The van der Waals surface area contributed by atoms with E-state index in [1.54, 1.807) is 48.4 Å². The molecule has 2 aromatic carbocycles. The summed E-state index contributed by atoms with van der Waals surface area (Å²) in [6.07, 6.45) is 3.61. The molecule has 2 aromatic rings. The van der Waals surface area contributed by atoms with Gasteiger partial charge in [0.15, 0.2) is 11.5 Å². The van der Waals surface area contributed by atoms with Crippen LogP contribution in [0.3, 0.4) is 0 Å². The second-order valence-electron chi connectivity index (χ2n) is 6.85. The molecule has 0 radical (unpaired) electrons. The molecule has 1 heterocycles. The lowest BCUT2D eigenvalue weighted by atomic mass is 10.1. The summed E-state index contributed by atoms with van der Waals surface area (Å²) in [7, 11) is 4.63. The maximum atomic E-state index is 13.0. The summed E-state index contributed by atoms with van der Waals surface area (Å²) in [6.45, 7) is 1.37. The molecule has 0 aromatic heterocycles. The molecular weight excluding hydrogens is 384 g/mol. The summed E-state index contributed by atoms with van der Waals surface area (Å²) in [4.78, 5) is 27.7. The Hall–Kier alpha value is -3.48. The highest BCUT2D eigenvalue weighted by atomic mass is 16.5. The zero-order chi connectivity index (χ0) is 21.5. The minimum atomic E-state index is -0.400. The maximum absolute atomic E-state index is 13.0. The smallest absolute Gasteiger partial charge is 0.270 e. The van der Waals surface area contributed by atoms with Crippen LogP contribution >= 0.6 is 0 Å². The predicted molar refractivity (Wildman–Crippen MR) is 114 cm³/mol. The first-order valence-electron chi connectivity index (χ1n) is 9.74. The third-order valence-corrected chi connectivity index (χ3v) is 4.94. The maximum Gasteiger partial charge on any atom is 0.270 e. The van der Waals surface area contributed by atoms with Crippen molar-refractivity contribution in [1.82, 2.24) is 10.2 Å². The van der Waals surface area contributed by atoms with Gasteiger partial charge in [0.2, 0.25) is 0 Å². The number of amides is 2. The summed E-state index contributed by atoms with van der Waals surface area (Å²) in [5.74, 6) is 1.09. The van der Waals surface area contributed by atoms with E-state index in [-0.39, 0.29) is 11.6 Å². The molecule has 7 heteroatoms. The highest BCUT2D eigenvalue weighted by Crippen LogP contribution is 2.27. The van der Waals surface area contributed by atoms with Crippen LogP contribution in [0.15, 0.2) is 48.2 Å². The quantitative estimate of drug-likeness (QED) is 0.710. The number of rotatable bonds is 7. The van der Waals surface area contributed by atoms with E-state index >= 15 is 0 Å². The number of carbonyl (C=O) groups excluding carboxylic acids is 2. The first kappa shape index (κ1) is 21.2. The lowest BCUT2D eigenvalue weighted by molar-refractivity contribution is -0.126. The van der Waals surface area contributed by atoms with Gasteiger partial charge >= 0.3 is 0 Å². The Balaban J connectivity index is 1.88. The predicted octanol–water partition coefficient (Wildman–Crippen LogP) is 3.11. The monoisotopic (exact) mass is 410 g/mol. The van der Waals surface area contributed by atoms with E-state index < -0.39 is 5.91 Å². The van der Waals surface area contributed by atoms with Crippen LogP contribution in [0.5, 0.6) is 17.2 Å². The van der Waals surface area contributed by atoms with E-state index in [4.69, 9.17) is 14.2 Å². The molecule has 1 aliphatic rings. The molecule has 0 aliphatic carbocycles. The van der Waals surface area contributed by atoms with Crippen molar-refractivity contribution in [2.24, 2.45) is 0 Å². The second kappa shape index (κ2) is 9.82. The van der Waals surface area contributed by atoms with Crippen molar-refractivity contribution in [3.05, 3.63) is 59.3 Å². The Labute approximate surface area is 176 Å². The van der Waals surface area contributed by atoms with Crippen molar-refractivity contribution < 1.29 is 23.8 Å². The molecule has 1 aliphatic heterocycles. The molecule has 1 saturated heterocycles. The van der Waals surface area contributed by atoms with Crippen LogP contribution in [0, 0.1) is 0 Å². The van der Waals surface area contributed by atoms with E-state index in [1.165, 1.54) is 14.2 Å². The minimum Gasteiger partial charge on any atom is -0.497 e. The van der Waals surface area contributed by atoms with Gasteiger partial charge in [-0.2, -0.15) is 0 Å². The summed E-state index contributed by atoms with van der Waals surface area (Å²) in [6, 6.07) is 12.1. The molecule has 0 bridgehead atoms. The van der Waals surface area contributed by atoms with Gasteiger partial charge in [0.1, 0.15) is 11.4 Å². The molecule has 1 N–H and O–H groups in total. The Morgan fingerprint density at radius 3 is 2.17 bits per heavy atom. The van der Waals surface area contributed by atoms with Crippen molar-refractivity contribution in [2.45, 2.75) is 12.8 Å². The molecule has 3 rings (SSSR count). The molecule has 0 saturated carbocycles. The van der Waals surface area contributed by atoms with Crippen molar-refractivity contribution in [3.8, 4) is 17.2 Å². The topological polar surface area (TPSA) is 77.1 Å². The average molecular weight is 410 g/mol. The Bertz CT molecular complexity index is 931. The Kier molecular flexibility index (Phi) is 6.95. The number of nitrogens with zero attached hydrogens (tertiary/aromatic N) is 1. The van der Waals surface area contributed by atoms with Crippen LogP contribution in [0.2, 0.25) is 0 Å². The number of carbonyl (C=O) groups is 2. The summed E-state index contributed by atoms with van der Waals surface area (Å²) >= 11 is 0. The third kappa shape index (κ3) is 4.92. The number of likely N-dealkylation sites (tertiary alicyclic amines) is 1. The minimum absolute atomic E-state index is 0.197. The van der Waals surface area contributed by atoms with Crippen molar-refractivity contribution in [3.63, 3.8) is 0 Å². The van der Waals surface area contributed by atoms with Crippen LogP contribution in [0.4, 0.5) is 0 Å². The lowest BCUT2D eigenvalue weighted by Crippen LogP contribution is -2.36. The van der Waals surface area contributed by atoms with E-state index in [9.17, 15) is 9.59 Å². The van der Waals surface area contributed by atoms with E-state index in [0.29, 0.717) is 35.9 Å². The van der Waals surface area contributed by atoms with Gasteiger partial charge in [-0.05, 0) is 54.8 Å². The van der Waals surface area contributed by atoms with Gasteiger partial charge in [-0.3, -0.25) is 9.59 Å². The SMILES string of the molecule is COc1ccc(C=C(NC(=O)c2ccc(OC)c(OC)c2)C(=O)N2CCCC2)cc1. The third-order valence-electron chi connectivity index (χ3n) is 4.94. The van der Waals surface area contributed by atoms with Crippen molar-refractivity contribution >= 4 is 17.9 Å². The molecular formula is C23H26N2O5. The zero-order valence-corrected chi connectivity index (χ0v) is 17.4. The molecule has 0 atom stereocenters. The van der Waals surface area contributed by atoms with Crippen LogP contribution in [-0.2, 0) is 4.79 Å². The van der Waals surface area contributed by atoms with E-state index in [1.807, 2.05) is 12.1 Å². The summed E-state index contributed by atoms with van der Waals surface area (Å²) in [5, 5.41) is 2.78. The standard InChI is InChI=1S/C23H26N2O5/c1-28-18-9-6-16(7-10-18)14-19(23(27)25-12-4-5-13-25)24-22(26)17-8-11-20(29-2)21(15-17)30-3/h6-11,14-15H,4-5,12-13H2,1-3H3,(H,24,26). The van der Waals surface area contributed by atoms with Gasteiger partial charge in [0.05, 0.1) is 21.3 Å². The number of nitrogens with one attached hydrogen (secondary N) is 1. The fourth-order valence-electron chi connectivity index (χ4n) is 3.28.